The van der Waals surface area contributed by atoms with E-state index in [1.54, 1.807) is 25.1 Å². The third-order valence-electron chi connectivity index (χ3n) is 6.60. The number of benzene rings is 3. The third-order valence-corrected chi connectivity index (χ3v) is 8.26. The Bertz CT molecular complexity index is 1360. The molecule has 0 fully saturated rings. The summed E-state index contributed by atoms with van der Waals surface area (Å²) >= 11 is 3.44. The number of amides is 2. The molecule has 9 heteroatoms. The standard InChI is InChI=1S/C30H36BrN3O4S/c1-5-23(3)32-30(36)28(19-24-12-7-6-8-13-24)33(20-25-15-17-26(31)18-16-25)29(35)21-34(39(4,37)38)27-14-10-9-11-22(27)2/h6-18,23,28H,5,19-21H2,1-4H3,(H,32,36)/t23-,28-/m1/s1. The number of hydrogen-bond acceptors (Lipinski definition) is 4. The van der Waals surface area contributed by atoms with E-state index in [9.17, 15) is 18.0 Å². The largest absolute Gasteiger partial charge is 0.352 e. The Labute approximate surface area is 240 Å². The van der Waals surface area contributed by atoms with Crippen molar-refractivity contribution < 1.29 is 18.0 Å². The molecule has 0 radical (unpaired) electrons. The van der Waals surface area contributed by atoms with Crippen LogP contribution in [-0.4, -0.2) is 50.0 Å². The van der Waals surface area contributed by atoms with E-state index in [0.29, 0.717) is 5.69 Å². The Morgan fingerprint density at radius 2 is 1.54 bits per heavy atom. The molecule has 208 valence electrons. The predicted molar refractivity (Wildman–Crippen MR) is 160 cm³/mol. The second-order valence-electron chi connectivity index (χ2n) is 9.73. The zero-order chi connectivity index (χ0) is 28.6. The second kappa shape index (κ2) is 13.8. The number of aryl methyl sites for hydroxylation is 1. The highest BCUT2D eigenvalue weighted by atomic mass is 79.9. The number of nitrogens with one attached hydrogen (secondary N) is 1. The summed E-state index contributed by atoms with van der Waals surface area (Å²) in [4.78, 5) is 29.3. The summed E-state index contributed by atoms with van der Waals surface area (Å²) in [7, 11) is -3.80. The topological polar surface area (TPSA) is 86.8 Å². The molecule has 0 aliphatic heterocycles. The van der Waals surface area contributed by atoms with Gasteiger partial charge in [-0.15, -0.1) is 0 Å². The maximum absolute atomic E-state index is 14.1. The molecule has 2 atom stereocenters. The minimum Gasteiger partial charge on any atom is -0.352 e. The summed E-state index contributed by atoms with van der Waals surface area (Å²) in [5, 5.41) is 3.03. The molecule has 0 saturated heterocycles. The maximum atomic E-state index is 14.1. The van der Waals surface area contributed by atoms with Crippen molar-refractivity contribution in [3.63, 3.8) is 0 Å². The van der Waals surface area contributed by atoms with Crippen LogP contribution in [0.5, 0.6) is 0 Å². The van der Waals surface area contributed by atoms with Crippen molar-refractivity contribution >= 4 is 43.5 Å². The molecule has 39 heavy (non-hydrogen) atoms. The Kier molecular flexibility index (Phi) is 10.7. The van der Waals surface area contributed by atoms with Crippen LogP contribution in [0.1, 0.15) is 37.0 Å². The summed E-state index contributed by atoms with van der Waals surface area (Å²) in [6, 6.07) is 23.1. The van der Waals surface area contributed by atoms with Crippen LogP contribution < -0.4 is 9.62 Å². The molecular formula is C30H36BrN3O4S. The number of rotatable bonds is 12. The first-order valence-corrected chi connectivity index (χ1v) is 15.5. The molecule has 0 unspecified atom stereocenters. The van der Waals surface area contributed by atoms with E-state index in [1.165, 1.54) is 4.90 Å². The van der Waals surface area contributed by atoms with Crippen molar-refractivity contribution in [1.82, 2.24) is 10.2 Å². The second-order valence-corrected chi connectivity index (χ2v) is 12.6. The number of hydrogen-bond donors (Lipinski definition) is 1. The molecule has 0 aliphatic carbocycles. The third kappa shape index (κ3) is 8.66. The van der Waals surface area contributed by atoms with Gasteiger partial charge in [0.25, 0.3) is 0 Å². The average Bonchev–Trinajstić information content (AvgIpc) is 2.90. The van der Waals surface area contributed by atoms with Gasteiger partial charge in [-0.25, -0.2) is 8.42 Å². The Morgan fingerprint density at radius 1 is 0.923 bits per heavy atom. The first-order chi connectivity index (χ1) is 18.5. The average molecular weight is 615 g/mol. The van der Waals surface area contributed by atoms with E-state index in [4.69, 9.17) is 0 Å². The van der Waals surface area contributed by atoms with Crippen LogP contribution in [0.25, 0.3) is 0 Å². The van der Waals surface area contributed by atoms with E-state index >= 15 is 0 Å². The van der Waals surface area contributed by atoms with Crippen LogP contribution in [0.4, 0.5) is 5.69 Å². The van der Waals surface area contributed by atoms with E-state index in [0.717, 1.165) is 38.1 Å². The lowest BCUT2D eigenvalue weighted by atomic mass is 10.0. The molecule has 1 N–H and O–H groups in total. The molecule has 3 aromatic rings. The number of carbonyl (C=O) groups is 2. The highest BCUT2D eigenvalue weighted by molar-refractivity contribution is 9.10. The number of nitrogens with zero attached hydrogens (tertiary/aromatic N) is 2. The molecule has 0 aliphatic rings. The minimum absolute atomic E-state index is 0.0834. The van der Waals surface area contributed by atoms with Crippen molar-refractivity contribution in [2.24, 2.45) is 0 Å². The number of sulfonamides is 1. The first-order valence-electron chi connectivity index (χ1n) is 12.9. The van der Waals surface area contributed by atoms with Crippen molar-refractivity contribution in [2.75, 3.05) is 17.1 Å². The van der Waals surface area contributed by atoms with Gasteiger partial charge in [-0.1, -0.05) is 83.5 Å². The molecule has 2 amide bonds. The van der Waals surface area contributed by atoms with Gasteiger partial charge < -0.3 is 10.2 Å². The quantitative estimate of drug-likeness (QED) is 0.309. The van der Waals surface area contributed by atoms with Gasteiger partial charge in [-0.2, -0.15) is 0 Å². The van der Waals surface area contributed by atoms with Crippen LogP contribution in [-0.2, 0) is 32.6 Å². The van der Waals surface area contributed by atoms with Crippen LogP contribution in [0.15, 0.2) is 83.3 Å². The molecule has 0 heterocycles. The lowest BCUT2D eigenvalue weighted by Gasteiger charge is -2.34. The van der Waals surface area contributed by atoms with Gasteiger partial charge in [-0.3, -0.25) is 13.9 Å². The van der Waals surface area contributed by atoms with Crippen molar-refractivity contribution in [3.8, 4) is 0 Å². The van der Waals surface area contributed by atoms with Crippen molar-refractivity contribution in [2.45, 2.75) is 52.2 Å². The fourth-order valence-corrected chi connectivity index (χ4v) is 5.39. The normalized spacial score (nSPS) is 12.8. The monoisotopic (exact) mass is 613 g/mol. The van der Waals surface area contributed by atoms with Crippen LogP contribution in [0.3, 0.4) is 0 Å². The van der Waals surface area contributed by atoms with Crippen LogP contribution in [0, 0.1) is 6.92 Å². The number of anilines is 1. The van der Waals surface area contributed by atoms with Gasteiger partial charge in [0.15, 0.2) is 0 Å². The van der Waals surface area contributed by atoms with Gasteiger partial charge in [0, 0.05) is 23.5 Å². The van der Waals surface area contributed by atoms with Gasteiger partial charge in [0.2, 0.25) is 21.8 Å². The molecule has 0 bridgehead atoms. The smallest absolute Gasteiger partial charge is 0.244 e. The van der Waals surface area contributed by atoms with Gasteiger partial charge in [0.05, 0.1) is 11.9 Å². The predicted octanol–water partition coefficient (Wildman–Crippen LogP) is 5.08. The summed E-state index contributed by atoms with van der Waals surface area (Å²) < 4.78 is 27.8. The first kappa shape index (κ1) is 30.4. The van der Waals surface area contributed by atoms with E-state index in [1.807, 2.05) is 74.5 Å². The van der Waals surface area contributed by atoms with Gasteiger partial charge >= 0.3 is 0 Å². The summed E-state index contributed by atoms with van der Waals surface area (Å²) in [6.45, 7) is 5.41. The van der Waals surface area contributed by atoms with Gasteiger partial charge in [-0.05, 0) is 55.2 Å². The maximum Gasteiger partial charge on any atom is 0.244 e. The lowest BCUT2D eigenvalue weighted by molar-refractivity contribution is -0.140. The lowest BCUT2D eigenvalue weighted by Crippen LogP contribution is -2.54. The van der Waals surface area contributed by atoms with Crippen LogP contribution in [0.2, 0.25) is 0 Å². The molecule has 7 nitrogen and oxygen atoms in total. The van der Waals surface area contributed by atoms with E-state index < -0.39 is 28.5 Å². The fourth-order valence-electron chi connectivity index (χ4n) is 4.22. The summed E-state index contributed by atoms with van der Waals surface area (Å²) in [5.74, 6) is -0.743. The Morgan fingerprint density at radius 3 is 2.13 bits per heavy atom. The number of para-hydroxylation sites is 1. The highest BCUT2D eigenvalue weighted by Crippen LogP contribution is 2.24. The van der Waals surface area contributed by atoms with Crippen molar-refractivity contribution in [1.29, 1.82) is 0 Å². The fraction of sp³-hybridized carbons (Fsp3) is 0.333. The minimum atomic E-state index is -3.80. The SMILES string of the molecule is CC[C@@H](C)NC(=O)[C@@H](Cc1ccccc1)N(Cc1ccc(Br)cc1)C(=O)CN(c1ccccc1C)S(C)(=O)=O. The van der Waals surface area contributed by atoms with E-state index in [-0.39, 0.29) is 24.9 Å². The Hall–Kier alpha value is -3.17. The molecule has 3 rings (SSSR count). The molecule has 0 spiro atoms. The van der Waals surface area contributed by atoms with Crippen LogP contribution >= 0.6 is 15.9 Å². The number of halogens is 1. The molecular weight excluding hydrogens is 578 g/mol. The highest BCUT2D eigenvalue weighted by Gasteiger charge is 2.33. The zero-order valence-electron chi connectivity index (χ0n) is 22.8. The molecule has 3 aromatic carbocycles. The molecule has 0 saturated carbocycles. The zero-order valence-corrected chi connectivity index (χ0v) is 25.2. The summed E-state index contributed by atoms with van der Waals surface area (Å²) in [5.41, 5.74) is 2.88. The number of carbonyl (C=O) groups excluding carboxylic acids is 2. The van der Waals surface area contributed by atoms with Crippen molar-refractivity contribution in [3.05, 3.63) is 100 Å². The Balaban J connectivity index is 2.06. The summed E-state index contributed by atoms with van der Waals surface area (Å²) in [6.07, 6.45) is 2.11. The van der Waals surface area contributed by atoms with E-state index in [2.05, 4.69) is 21.2 Å². The molecule has 0 aromatic heterocycles. The van der Waals surface area contributed by atoms with Gasteiger partial charge in [0.1, 0.15) is 12.6 Å².